The van der Waals surface area contributed by atoms with Crippen molar-refractivity contribution >= 4 is 0 Å². The van der Waals surface area contributed by atoms with E-state index in [-0.39, 0.29) is 0 Å². The lowest BCUT2D eigenvalue weighted by molar-refractivity contribution is 0.221. The van der Waals surface area contributed by atoms with Gasteiger partial charge in [-0.25, -0.2) is 0 Å². The predicted octanol–water partition coefficient (Wildman–Crippen LogP) is 2.25. The Labute approximate surface area is 99.8 Å². The van der Waals surface area contributed by atoms with E-state index in [1.807, 2.05) is 0 Å². The molecule has 1 N–H and O–H groups in total. The highest BCUT2D eigenvalue weighted by molar-refractivity contribution is 4.94. The summed E-state index contributed by atoms with van der Waals surface area (Å²) >= 11 is 0. The number of nitrogens with zero attached hydrogens (tertiary/aromatic N) is 1. The summed E-state index contributed by atoms with van der Waals surface area (Å²) in [6.07, 6.45) is 10.3. The summed E-state index contributed by atoms with van der Waals surface area (Å²) in [6, 6.07) is 0.878. The van der Waals surface area contributed by atoms with E-state index in [2.05, 4.69) is 10.2 Å². The molecule has 0 spiro atoms. The predicted molar refractivity (Wildman–Crippen MR) is 67.5 cm³/mol. The molecule has 1 saturated heterocycles. The minimum atomic E-state index is 0.878. The van der Waals surface area contributed by atoms with E-state index < -0.39 is 0 Å². The third kappa shape index (κ3) is 2.43. The fraction of sp³-hybridized carbons (Fsp3) is 1.00. The smallest absolute Gasteiger partial charge is 0.0107 e. The Morgan fingerprint density at radius 3 is 2.56 bits per heavy atom. The lowest BCUT2D eigenvalue weighted by atomic mass is 9.95. The maximum absolute atomic E-state index is 3.82. The van der Waals surface area contributed by atoms with Crippen molar-refractivity contribution in [2.75, 3.05) is 26.2 Å². The maximum atomic E-state index is 3.82. The Morgan fingerprint density at radius 1 is 1.00 bits per heavy atom. The number of hydrogen-bond acceptors (Lipinski definition) is 2. The van der Waals surface area contributed by atoms with Crippen LogP contribution < -0.4 is 5.32 Å². The van der Waals surface area contributed by atoms with Crippen LogP contribution in [-0.2, 0) is 0 Å². The Balaban J connectivity index is 1.34. The first-order valence-electron chi connectivity index (χ1n) is 7.37. The minimum absolute atomic E-state index is 0.878. The van der Waals surface area contributed by atoms with E-state index in [1.54, 1.807) is 0 Å². The lowest BCUT2D eigenvalue weighted by Crippen LogP contribution is -2.41. The van der Waals surface area contributed by atoms with E-state index in [0.29, 0.717) is 0 Å². The van der Waals surface area contributed by atoms with Crippen molar-refractivity contribution in [3.8, 4) is 0 Å². The van der Waals surface area contributed by atoms with Gasteiger partial charge in [0.15, 0.2) is 0 Å². The summed E-state index contributed by atoms with van der Waals surface area (Å²) in [6.45, 7) is 5.21. The van der Waals surface area contributed by atoms with Crippen LogP contribution >= 0.6 is 0 Å². The SMILES string of the molecule is C1CCN(CCN[C@H]2C[C@@H]3CC[C@H]2C3)CC1. The number of piperidine rings is 1. The topological polar surface area (TPSA) is 15.3 Å². The normalized spacial score (nSPS) is 39.4. The minimum Gasteiger partial charge on any atom is -0.312 e. The van der Waals surface area contributed by atoms with Crippen LogP contribution in [0, 0.1) is 11.8 Å². The zero-order chi connectivity index (χ0) is 10.8. The average molecular weight is 222 g/mol. The largest absolute Gasteiger partial charge is 0.312 e. The van der Waals surface area contributed by atoms with Gasteiger partial charge < -0.3 is 10.2 Å². The van der Waals surface area contributed by atoms with Gasteiger partial charge in [0.1, 0.15) is 0 Å². The molecule has 3 fully saturated rings. The van der Waals surface area contributed by atoms with Gasteiger partial charge in [-0.3, -0.25) is 0 Å². The Bertz CT molecular complexity index is 223. The van der Waals surface area contributed by atoms with Gasteiger partial charge in [0, 0.05) is 19.1 Å². The van der Waals surface area contributed by atoms with Crippen LogP contribution in [-0.4, -0.2) is 37.1 Å². The van der Waals surface area contributed by atoms with Crippen molar-refractivity contribution in [3.05, 3.63) is 0 Å². The molecule has 3 atom stereocenters. The second-order valence-corrected chi connectivity index (χ2v) is 6.14. The molecule has 0 radical (unpaired) electrons. The lowest BCUT2D eigenvalue weighted by Gasteiger charge is -2.28. The van der Waals surface area contributed by atoms with Crippen LogP contribution in [0.5, 0.6) is 0 Å². The number of nitrogens with one attached hydrogen (secondary N) is 1. The zero-order valence-electron chi connectivity index (χ0n) is 10.5. The number of likely N-dealkylation sites (tertiary alicyclic amines) is 1. The maximum Gasteiger partial charge on any atom is 0.0107 e. The van der Waals surface area contributed by atoms with Crippen molar-refractivity contribution < 1.29 is 0 Å². The second-order valence-electron chi connectivity index (χ2n) is 6.14. The molecule has 3 rings (SSSR count). The van der Waals surface area contributed by atoms with E-state index >= 15 is 0 Å². The van der Waals surface area contributed by atoms with E-state index in [1.165, 1.54) is 71.1 Å². The van der Waals surface area contributed by atoms with Gasteiger partial charge in [0.2, 0.25) is 0 Å². The van der Waals surface area contributed by atoms with Gasteiger partial charge in [0.05, 0.1) is 0 Å². The molecule has 2 bridgehead atoms. The standard InChI is InChI=1S/C14H26N2/c1-2-7-16(8-3-1)9-6-15-14-11-12-4-5-13(14)10-12/h12-15H,1-11H2/t12-,13+,14+/m1/s1. The third-order valence-electron chi connectivity index (χ3n) is 5.02. The highest BCUT2D eigenvalue weighted by Gasteiger charge is 2.38. The first-order valence-corrected chi connectivity index (χ1v) is 7.37. The second kappa shape index (κ2) is 5.05. The van der Waals surface area contributed by atoms with Gasteiger partial charge in [-0.1, -0.05) is 12.8 Å². The van der Waals surface area contributed by atoms with Crippen LogP contribution in [0.25, 0.3) is 0 Å². The van der Waals surface area contributed by atoms with Crippen LogP contribution in [0.2, 0.25) is 0 Å². The zero-order valence-corrected chi connectivity index (χ0v) is 10.5. The molecule has 2 nitrogen and oxygen atoms in total. The van der Waals surface area contributed by atoms with E-state index in [4.69, 9.17) is 0 Å². The molecule has 1 aliphatic heterocycles. The number of hydrogen-bond donors (Lipinski definition) is 1. The molecule has 92 valence electrons. The first kappa shape index (κ1) is 11.0. The average Bonchev–Trinajstić information content (AvgIpc) is 2.92. The summed E-state index contributed by atoms with van der Waals surface area (Å²) in [5.74, 6) is 2.11. The Hall–Kier alpha value is -0.0800. The molecule has 3 aliphatic rings. The molecule has 16 heavy (non-hydrogen) atoms. The summed E-state index contributed by atoms with van der Waals surface area (Å²) < 4.78 is 0. The van der Waals surface area contributed by atoms with Gasteiger partial charge >= 0.3 is 0 Å². The van der Waals surface area contributed by atoms with Crippen molar-refractivity contribution in [1.29, 1.82) is 0 Å². The Kier molecular flexibility index (Phi) is 3.49. The molecule has 0 aromatic rings. The third-order valence-corrected chi connectivity index (χ3v) is 5.02. The molecule has 0 amide bonds. The fourth-order valence-corrected chi connectivity index (χ4v) is 4.09. The summed E-state index contributed by atoms with van der Waals surface area (Å²) in [5, 5.41) is 3.82. The van der Waals surface area contributed by atoms with Gasteiger partial charge in [-0.05, 0) is 57.0 Å². The fourth-order valence-electron chi connectivity index (χ4n) is 4.09. The molecule has 1 heterocycles. The van der Waals surface area contributed by atoms with Gasteiger partial charge in [-0.2, -0.15) is 0 Å². The summed E-state index contributed by atoms with van der Waals surface area (Å²) in [4.78, 5) is 2.64. The van der Waals surface area contributed by atoms with Crippen molar-refractivity contribution in [2.24, 2.45) is 11.8 Å². The van der Waals surface area contributed by atoms with Crippen LogP contribution in [0.3, 0.4) is 0 Å². The van der Waals surface area contributed by atoms with Crippen molar-refractivity contribution in [2.45, 2.75) is 51.0 Å². The Morgan fingerprint density at radius 2 is 1.88 bits per heavy atom. The number of rotatable bonds is 4. The molecular weight excluding hydrogens is 196 g/mol. The van der Waals surface area contributed by atoms with Crippen molar-refractivity contribution in [3.63, 3.8) is 0 Å². The van der Waals surface area contributed by atoms with Crippen LogP contribution in [0.15, 0.2) is 0 Å². The monoisotopic (exact) mass is 222 g/mol. The molecule has 0 unspecified atom stereocenters. The summed E-state index contributed by atoms with van der Waals surface area (Å²) in [7, 11) is 0. The van der Waals surface area contributed by atoms with Gasteiger partial charge in [-0.15, -0.1) is 0 Å². The first-order chi connectivity index (χ1) is 7.92. The molecule has 0 aromatic heterocycles. The molecule has 2 heteroatoms. The molecule has 2 aliphatic carbocycles. The van der Waals surface area contributed by atoms with Crippen LogP contribution in [0.1, 0.15) is 44.9 Å². The highest BCUT2D eigenvalue weighted by atomic mass is 15.1. The van der Waals surface area contributed by atoms with Crippen molar-refractivity contribution in [1.82, 2.24) is 10.2 Å². The molecule has 2 saturated carbocycles. The van der Waals surface area contributed by atoms with Gasteiger partial charge in [0.25, 0.3) is 0 Å². The number of fused-ring (bicyclic) bond motifs is 2. The summed E-state index contributed by atoms with van der Waals surface area (Å²) in [5.41, 5.74) is 0. The highest BCUT2D eigenvalue weighted by Crippen LogP contribution is 2.44. The van der Waals surface area contributed by atoms with E-state index in [9.17, 15) is 0 Å². The van der Waals surface area contributed by atoms with Crippen LogP contribution in [0.4, 0.5) is 0 Å². The van der Waals surface area contributed by atoms with E-state index in [0.717, 1.165) is 17.9 Å². The molecular formula is C14H26N2. The molecule has 0 aromatic carbocycles. The quantitative estimate of drug-likeness (QED) is 0.785.